The van der Waals surface area contributed by atoms with Crippen molar-refractivity contribution in [1.82, 2.24) is 0 Å². The van der Waals surface area contributed by atoms with Crippen LogP contribution in [0.4, 0.5) is 0 Å². The first-order chi connectivity index (χ1) is 17.3. The highest BCUT2D eigenvalue weighted by atomic mass is 16.7. The van der Waals surface area contributed by atoms with Gasteiger partial charge in [0.05, 0.1) is 32.8 Å². The number of hydrogen-bond donors (Lipinski definition) is 5. The minimum atomic E-state index is -1.46. The molecule has 0 aliphatic carbocycles. The summed E-state index contributed by atoms with van der Waals surface area (Å²) in [4.78, 5) is 0. The van der Waals surface area contributed by atoms with Crippen LogP contribution in [0.2, 0.25) is 0 Å². The van der Waals surface area contributed by atoms with Gasteiger partial charge >= 0.3 is 0 Å². The van der Waals surface area contributed by atoms with E-state index in [1.165, 1.54) is 7.11 Å². The van der Waals surface area contributed by atoms with Gasteiger partial charge in [-0.15, -0.1) is 0 Å². The zero-order valence-electron chi connectivity index (χ0n) is 20.5. The summed E-state index contributed by atoms with van der Waals surface area (Å²) >= 11 is 0. The standard InChI is InChI=1S/C26H34O10/c1-13-21(29)22(30)23(31)26(34-13)35-18-7-6-15(11-19(18)32-2)24-17(12-28)16-9-14(5-4-8-27)10-20(33-3)25(16)36-24/h6-7,9-11,13,17,21-24,26-31H,4-5,8,12H2,1-3H3. The van der Waals surface area contributed by atoms with Gasteiger partial charge in [-0.3, -0.25) is 0 Å². The SMILES string of the molecule is COc1cc(C2Oc3c(OC)cc(CCCO)cc3C2CO)ccc1OC1OC(C)C(O)C(O)C1O. The topological polar surface area (TPSA) is 147 Å². The number of methoxy groups -OCH3 is 2. The van der Waals surface area contributed by atoms with Gasteiger partial charge in [-0.2, -0.15) is 0 Å². The fourth-order valence-electron chi connectivity index (χ4n) is 4.72. The first kappa shape index (κ1) is 26.5. The maximum absolute atomic E-state index is 10.3. The lowest BCUT2D eigenvalue weighted by atomic mass is 9.90. The van der Waals surface area contributed by atoms with E-state index in [1.807, 2.05) is 12.1 Å². The van der Waals surface area contributed by atoms with Gasteiger partial charge in [0.15, 0.2) is 23.0 Å². The van der Waals surface area contributed by atoms with Crippen LogP contribution in [0.25, 0.3) is 0 Å². The average molecular weight is 507 g/mol. The van der Waals surface area contributed by atoms with Crippen LogP contribution in [0.3, 0.4) is 0 Å². The van der Waals surface area contributed by atoms with Crippen LogP contribution in [-0.2, 0) is 11.2 Å². The highest BCUT2D eigenvalue weighted by Crippen LogP contribution is 2.51. The summed E-state index contributed by atoms with van der Waals surface area (Å²) in [5.74, 6) is 1.37. The molecule has 2 aromatic rings. The number of rotatable bonds is 9. The normalized spacial score (nSPS) is 29.4. The number of aliphatic hydroxyl groups excluding tert-OH is 5. The average Bonchev–Trinajstić information content (AvgIpc) is 3.27. The van der Waals surface area contributed by atoms with Gasteiger partial charge in [0.1, 0.15) is 24.4 Å². The van der Waals surface area contributed by atoms with E-state index in [1.54, 1.807) is 32.2 Å². The Hall–Kier alpha value is -2.60. The third-order valence-electron chi connectivity index (χ3n) is 6.76. The van der Waals surface area contributed by atoms with E-state index in [4.69, 9.17) is 23.7 Å². The van der Waals surface area contributed by atoms with Crippen LogP contribution >= 0.6 is 0 Å². The molecule has 1 saturated heterocycles. The van der Waals surface area contributed by atoms with Gasteiger partial charge in [-0.05, 0) is 49.1 Å². The van der Waals surface area contributed by atoms with E-state index in [2.05, 4.69) is 0 Å². The van der Waals surface area contributed by atoms with E-state index in [0.29, 0.717) is 30.1 Å². The van der Waals surface area contributed by atoms with Crippen molar-refractivity contribution < 1.29 is 49.2 Å². The van der Waals surface area contributed by atoms with Crippen molar-refractivity contribution in [2.45, 2.75) is 62.5 Å². The van der Waals surface area contributed by atoms with E-state index in [0.717, 1.165) is 16.7 Å². The van der Waals surface area contributed by atoms with Gasteiger partial charge in [0.25, 0.3) is 0 Å². The van der Waals surface area contributed by atoms with Crippen molar-refractivity contribution >= 4 is 0 Å². The Bertz CT molecular complexity index is 1040. The molecule has 5 N–H and O–H groups in total. The summed E-state index contributed by atoms with van der Waals surface area (Å²) in [6.45, 7) is 1.49. The van der Waals surface area contributed by atoms with Gasteiger partial charge in [-0.25, -0.2) is 0 Å². The molecule has 4 rings (SSSR count). The first-order valence-corrected chi connectivity index (χ1v) is 12.0. The van der Waals surface area contributed by atoms with Crippen LogP contribution < -0.4 is 18.9 Å². The summed E-state index contributed by atoms with van der Waals surface area (Å²) in [6.07, 6.45) is -5.31. The van der Waals surface area contributed by atoms with Crippen LogP contribution in [-0.4, -0.2) is 83.7 Å². The van der Waals surface area contributed by atoms with Crippen LogP contribution in [0.15, 0.2) is 30.3 Å². The summed E-state index contributed by atoms with van der Waals surface area (Å²) in [5.41, 5.74) is 2.54. The molecule has 0 radical (unpaired) electrons. The van der Waals surface area contributed by atoms with Crippen molar-refractivity contribution in [2.75, 3.05) is 27.4 Å². The second-order valence-corrected chi connectivity index (χ2v) is 9.08. The molecule has 2 heterocycles. The van der Waals surface area contributed by atoms with Gasteiger partial charge in [-0.1, -0.05) is 12.1 Å². The Morgan fingerprint density at radius 2 is 1.64 bits per heavy atom. The highest BCUT2D eigenvalue weighted by molar-refractivity contribution is 5.56. The molecular formula is C26H34O10. The molecule has 1 fully saturated rings. The molecule has 0 aromatic heterocycles. The van der Waals surface area contributed by atoms with Gasteiger partial charge in [0, 0.05) is 12.2 Å². The third-order valence-corrected chi connectivity index (χ3v) is 6.76. The second-order valence-electron chi connectivity index (χ2n) is 9.08. The predicted molar refractivity (Wildman–Crippen MR) is 128 cm³/mol. The molecule has 2 aliphatic rings. The third kappa shape index (κ3) is 4.97. The molecule has 2 aromatic carbocycles. The quantitative estimate of drug-likeness (QED) is 0.334. The minimum Gasteiger partial charge on any atom is -0.493 e. The Kier molecular flexibility index (Phi) is 8.23. The lowest BCUT2D eigenvalue weighted by Crippen LogP contribution is -2.58. The highest BCUT2D eigenvalue weighted by Gasteiger charge is 2.43. The minimum absolute atomic E-state index is 0.0809. The van der Waals surface area contributed by atoms with E-state index in [9.17, 15) is 25.5 Å². The summed E-state index contributed by atoms with van der Waals surface area (Å²) < 4.78 is 28.7. The van der Waals surface area contributed by atoms with Gasteiger partial charge in [0.2, 0.25) is 6.29 Å². The maximum atomic E-state index is 10.3. The zero-order valence-corrected chi connectivity index (χ0v) is 20.5. The molecule has 7 atom stereocenters. The number of aryl methyl sites for hydroxylation is 1. The van der Waals surface area contributed by atoms with Crippen molar-refractivity contribution in [2.24, 2.45) is 0 Å². The molecule has 0 amide bonds. The number of aliphatic hydroxyl groups is 5. The zero-order chi connectivity index (χ0) is 26.0. The molecular weight excluding hydrogens is 472 g/mol. The summed E-state index contributed by atoms with van der Waals surface area (Å²) in [7, 11) is 3.03. The second kappa shape index (κ2) is 11.2. The molecule has 0 bridgehead atoms. The lowest BCUT2D eigenvalue weighted by Gasteiger charge is -2.39. The van der Waals surface area contributed by atoms with Crippen LogP contribution in [0, 0.1) is 0 Å². The molecule has 7 unspecified atom stereocenters. The monoisotopic (exact) mass is 506 g/mol. The fourth-order valence-corrected chi connectivity index (χ4v) is 4.72. The van der Waals surface area contributed by atoms with E-state index < -0.39 is 36.8 Å². The number of hydrogen-bond acceptors (Lipinski definition) is 10. The van der Waals surface area contributed by atoms with E-state index >= 15 is 0 Å². The molecule has 10 nitrogen and oxygen atoms in total. The van der Waals surface area contributed by atoms with Crippen molar-refractivity contribution in [3.63, 3.8) is 0 Å². The Morgan fingerprint density at radius 3 is 2.31 bits per heavy atom. The Morgan fingerprint density at radius 1 is 0.889 bits per heavy atom. The van der Waals surface area contributed by atoms with Crippen molar-refractivity contribution in [3.8, 4) is 23.0 Å². The Balaban J connectivity index is 1.60. The fraction of sp³-hybridized carbons (Fsp3) is 0.538. The number of benzene rings is 2. The first-order valence-electron chi connectivity index (χ1n) is 12.0. The van der Waals surface area contributed by atoms with Gasteiger partial charge < -0.3 is 49.2 Å². The number of ether oxygens (including phenoxy) is 5. The smallest absolute Gasteiger partial charge is 0.229 e. The molecule has 10 heteroatoms. The predicted octanol–water partition coefficient (Wildman–Crippen LogP) is 1.04. The van der Waals surface area contributed by atoms with Crippen molar-refractivity contribution in [1.29, 1.82) is 0 Å². The van der Waals surface area contributed by atoms with E-state index in [-0.39, 0.29) is 24.9 Å². The number of fused-ring (bicyclic) bond motifs is 1. The lowest BCUT2D eigenvalue weighted by molar-refractivity contribution is -0.268. The molecule has 198 valence electrons. The molecule has 0 spiro atoms. The summed E-state index contributed by atoms with van der Waals surface area (Å²) in [6, 6.07) is 8.98. The summed E-state index contributed by atoms with van der Waals surface area (Å²) in [5, 5.41) is 49.8. The largest absolute Gasteiger partial charge is 0.493 e. The van der Waals surface area contributed by atoms with Crippen molar-refractivity contribution in [3.05, 3.63) is 47.0 Å². The Labute approximate surface area is 209 Å². The van der Waals surface area contributed by atoms with Crippen LogP contribution in [0.1, 0.15) is 42.1 Å². The molecule has 2 aliphatic heterocycles. The maximum Gasteiger partial charge on any atom is 0.229 e. The van der Waals surface area contributed by atoms with Crippen LogP contribution in [0.5, 0.6) is 23.0 Å². The molecule has 0 saturated carbocycles. The molecule has 36 heavy (non-hydrogen) atoms.